The first-order valence-corrected chi connectivity index (χ1v) is 35.3. The van der Waals surface area contributed by atoms with Crippen molar-refractivity contribution in [2.45, 2.75) is 196 Å². The fourth-order valence-corrected chi connectivity index (χ4v) is 12.6. The lowest BCUT2D eigenvalue weighted by molar-refractivity contribution is -0.130. The Kier molecular flexibility index (Phi) is 31.1. The van der Waals surface area contributed by atoms with Gasteiger partial charge in [0.2, 0.25) is 35.4 Å². The Morgan fingerprint density at radius 1 is 0.398 bits per heavy atom. The van der Waals surface area contributed by atoms with Gasteiger partial charge in [-0.15, -0.1) is 0 Å². The first-order valence-electron chi connectivity index (χ1n) is 35.3. The van der Waals surface area contributed by atoms with Gasteiger partial charge in [0.05, 0.1) is 30.2 Å². The van der Waals surface area contributed by atoms with Crippen LogP contribution >= 0.6 is 0 Å². The number of ether oxygens (including phenoxy) is 6. The van der Waals surface area contributed by atoms with Gasteiger partial charge in [0, 0.05) is 38.5 Å². The summed E-state index contributed by atoms with van der Waals surface area (Å²) in [5.74, 6) is -0.360. The van der Waals surface area contributed by atoms with Crippen LogP contribution in [-0.4, -0.2) is 164 Å². The minimum atomic E-state index is -0.587. The third-order valence-corrected chi connectivity index (χ3v) is 18.0. The van der Waals surface area contributed by atoms with Crippen molar-refractivity contribution in [1.82, 2.24) is 29.4 Å². The molecular formula is C79H100N6O18. The summed E-state index contributed by atoms with van der Waals surface area (Å²) in [4.78, 5) is 148. The monoisotopic (exact) mass is 1420 g/mol. The maximum atomic E-state index is 12.5. The van der Waals surface area contributed by atoms with E-state index in [0.29, 0.717) is 71.0 Å². The maximum absolute atomic E-state index is 12.5. The Morgan fingerprint density at radius 3 is 1.20 bits per heavy atom. The van der Waals surface area contributed by atoms with Crippen LogP contribution in [0.3, 0.4) is 0 Å². The second-order valence-electron chi connectivity index (χ2n) is 26.8. The van der Waals surface area contributed by atoms with Crippen LogP contribution in [0.1, 0.15) is 168 Å². The van der Waals surface area contributed by atoms with Crippen LogP contribution in [0.25, 0.3) is 0 Å². The van der Waals surface area contributed by atoms with E-state index in [9.17, 15) is 57.5 Å². The molecule has 12 amide bonds. The largest absolute Gasteiger partial charge is 0.447 e. The first-order chi connectivity index (χ1) is 49.1. The molecule has 24 nitrogen and oxygen atoms in total. The van der Waals surface area contributed by atoms with Gasteiger partial charge in [-0.3, -0.25) is 28.8 Å². The summed E-state index contributed by atoms with van der Waals surface area (Å²) < 4.78 is 30.3. The zero-order valence-corrected chi connectivity index (χ0v) is 61.4. The zero-order chi connectivity index (χ0) is 75.7. The molecule has 0 saturated carbocycles. The van der Waals surface area contributed by atoms with Crippen LogP contribution in [0, 0.1) is 17.8 Å². The van der Waals surface area contributed by atoms with Crippen molar-refractivity contribution in [2.24, 2.45) is 17.8 Å². The average Bonchev–Trinajstić information content (AvgIpc) is 1.61. The van der Waals surface area contributed by atoms with Crippen molar-refractivity contribution < 1.29 is 86.0 Å². The van der Waals surface area contributed by atoms with Crippen LogP contribution < -0.4 is 0 Å². The number of rotatable bonds is 17. The number of aryl methyl sites for hydroxylation is 2. The molecule has 6 aliphatic heterocycles. The molecule has 6 heterocycles. The molecule has 0 aliphatic carbocycles. The summed E-state index contributed by atoms with van der Waals surface area (Å²) in [5, 5.41) is 0. The lowest BCUT2D eigenvalue weighted by Gasteiger charge is -2.30. The molecule has 0 bridgehead atoms. The highest BCUT2D eigenvalue weighted by atomic mass is 16.6. The zero-order valence-electron chi connectivity index (χ0n) is 61.4. The van der Waals surface area contributed by atoms with Gasteiger partial charge in [0.15, 0.2) is 0 Å². The lowest BCUT2D eigenvalue weighted by atomic mass is 9.89. The van der Waals surface area contributed by atoms with Crippen LogP contribution in [-0.2, 0) is 76.5 Å². The van der Waals surface area contributed by atoms with Crippen molar-refractivity contribution >= 4 is 72.0 Å². The predicted octanol–water partition coefficient (Wildman–Crippen LogP) is 14.0. The quantitative estimate of drug-likeness (QED) is 0.0782. The highest BCUT2D eigenvalue weighted by Gasteiger charge is 2.52. The van der Waals surface area contributed by atoms with Crippen LogP contribution in [0.2, 0.25) is 0 Å². The van der Waals surface area contributed by atoms with Gasteiger partial charge in [0.1, 0.15) is 44.2 Å². The van der Waals surface area contributed by atoms with E-state index in [1.807, 2.05) is 214 Å². The highest BCUT2D eigenvalue weighted by Crippen LogP contribution is 2.36. The number of hydrogen-bond acceptors (Lipinski definition) is 18. The van der Waals surface area contributed by atoms with Crippen molar-refractivity contribution in [1.29, 1.82) is 0 Å². The number of hydrogen-bond donors (Lipinski definition) is 0. The first kappa shape index (κ1) is 81.7. The molecule has 554 valence electrons. The second kappa shape index (κ2) is 39.2. The maximum Gasteiger partial charge on any atom is 0.417 e. The van der Waals surface area contributed by atoms with Crippen LogP contribution in [0.5, 0.6) is 0 Å². The minimum absolute atomic E-state index is 0.0834. The summed E-state index contributed by atoms with van der Waals surface area (Å²) in [5.41, 5.74) is 4.54. The van der Waals surface area contributed by atoms with E-state index in [4.69, 9.17) is 28.4 Å². The molecule has 6 aliphatic rings. The number of benzene rings is 5. The Labute approximate surface area is 604 Å². The molecule has 0 N–H and O–H groups in total. The molecule has 6 saturated heterocycles. The normalized spacial score (nSPS) is 20.6. The summed E-state index contributed by atoms with van der Waals surface area (Å²) >= 11 is 0. The third kappa shape index (κ3) is 22.1. The molecule has 7 atom stereocenters. The van der Waals surface area contributed by atoms with Gasteiger partial charge < -0.3 is 28.4 Å². The van der Waals surface area contributed by atoms with Crippen LogP contribution in [0.4, 0.5) is 28.8 Å². The topological polar surface area (TPSA) is 280 Å². The van der Waals surface area contributed by atoms with E-state index < -0.39 is 42.2 Å². The summed E-state index contributed by atoms with van der Waals surface area (Å²) in [6.45, 7) is 25.5. The lowest BCUT2D eigenvalue weighted by Crippen LogP contribution is -2.47. The van der Waals surface area contributed by atoms with E-state index >= 15 is 0 Å². The molecule has 0 radical (unpaired) electrons. The fraction of sp³-hybridized carbons (Fsp3) is 0.468. The highest BCUT2D eigenvalue weighted by molar-refractivity contribution is 5.97. The molecular weight excluding hydrogens is 1320 g/mol. The molecule has 0 aromatic heterocycles. The molecule has 5 aromatic carbocycles. The molecule has 103 heavy (non-hydrogen) atoms. The van der Waals surface area contributed by atoms with Gasteiger partial charge in [0.25, 0.3) is 0 Å². The predicted molar refractivity (Wildman–Crippen MR) is 382 cm³/mol. The number of cyclic esters (lactones) is 6. The summed E-state index contributed by atoms with van der Waals surface area (Å²) in [6, 6.07) is 47.2. The average molecular weight is 1420 g/mol. The number of imide groups is 6. The minimum Gasteiger partial charge on any atom is -0.447 e. The molecule has 24 heteroatoms. The second-order valence-corrected chi connectivity index (χ2v) is 26.8. The number of amides is 12. The smallest absolute Gasteiger partial charge is 0.417 e. The number of carbonyl (C=O) groups is 12. The summed E-state index contributed by atoms with van der Waals surface area (Å²) in [6.07, 6.45) is 0.355. The SMILES string of the molecule is CC(C)[C@H]1COC(=O)N1C(=O)CCc1ccccc1.CCC(=O)N1C(=O)OC(C)(C)[C@@H]1C(C)C.CCC(=O)N1C(=O)OC[C@@H]1C(C)C.CCC(=O)N1C(=O)OC[C@@H]1c1ccccc1.CCC(=O)N1C(=O)O[C@H](c2ccccc2)[C@@H]1C.O=C(CCc1ccccc1)N1C(=O)OC[C@@H]1Cc1ccccc1. The van der Waals surface area contributed by atoms with Gasteiger partial charge in [-0.25, -0.2) is 58.2 Å². The molecule has 5 aromatic rings. The Morgan fingerprint density at radius 2 is 0.757 bits per heavy atom. The Balaban J connectivity index is 0.000000196. The van der Waals surface area contributed by atoms with E-state index in [1.54, 1.807) is 27.7 Å². The van der Waals surface area contributed by atoms with Gasteiger partial charge in [-0.1, -0.05) is 221 Å². The number of nitrogens with zero attached hydrogens (tertiary/aromatic N) is 6. The summed E-state index contributed by atoms with van der Waals surface area (Å²) in [7, 11) is 0. The fourth-order valence-electron chi connectivity index (χ4n) is 12.6. The van der Waals surface area contributed by atoms with E-state index in [0.717, 1.165) is 27.8 Å². The van der Waals surface area contributed by atoms with Crippen molar-refractivity contribution in [2.75, 3.05) is 26.4 Å². The third-order valence-electron chi connectivity index (χ3n) is 18.0. The van der Waals surface area contributed by atoms with Crippen molar-refractivity contribution in [3.05, 3.63) is 179 Å². The van der Waals surface area contributed by atoms with Gasteiger partial charge in [-0.2, -0.15) is 0 Å². The molecule has 0 unspecified atom stereocenters. The number of carbonyl (C=O) groups excluding carboxylic acids is 12. The van der Waals surface area contributed by atoms with Crippen LogP contribution in [0.15, 0.2) is 152 Å². The van der Waals surface area contributed by atoms with E-state index in [1.165, 1.54) is 29.4 Å². The van der Waals surface area contributed by atoms with Gasteiger partial charge >= 0.3 is 36.6 Å². The van der Waals surface area contributed by atoms with Crippen molar-refractivity contribution in [3.8, 4) is 0 Å². The molecule has 0 spiro atoms. The van der Waals surface area contributed by atoms with E-state index in [2.05, 4.69) is 0 Å². The Hall–Kier alpha value is -10.3. The van der Waals surface area contributed by atoms with Crippen molar-refractivity contribution in [3.63, 3.8) is 0 Å². The Bertz CT molecular complexity index is 3670. The van der Waals surface area contributed by atoms with E-state index in [-0.39, 0.29) is 109 Å². The standard InChI is InChI=1S/C19H19NO3.C15H19NO3.C13H15NO3.C12H13NO3.C11H19NO3.C9H15NO3/c21-18(12-11-15-7-3-1-4-8-15)20-17(14-23-19(20)22)13-16-9-5-2-6-10-16;1-11(2)13-10-19-15(18)16(13)14(17)9-8-12-6-4-3-5-7-12;1-3-11(15)14-9(2)12(17-13(14)16)10-7-5-4-6-8-10;1-2-11(14)13-10(8-16-12(13)15)9-6-4-3-5-7-9;1-6-8(13)12-9(7(2)3)11(4,5)15-10(12)14;1-4-8(11)10-7(6(2)3)5-13-9(10)12/h1-10,17H,11-14H2;3-7,11,13H,8-10H2,1-2H3;4-9,12H,3H2,1-2H3;3-7,10H,2,8H2,1H3;7,9H,6H2,1-5H3;6-7H,4-5H2,1-3H3/t17-;13-;9-,12-;10-;9-;7-/m010101/s1. The molecule has 11 rings (SSSR count). The molecule has 6 fully saturated rings. The van der Waals surface area contributed by atoms with Gasteiger partial charge in [-0.05, 0) is 85.6 Å².